The van der Waals surface area contributed by atoms with Gasteiger partial charge in [0.15, 0.2) is 0 Å². The summed E-state index contributed by atoms with van der Waals surface area (Å²) in [6.07, 6.45) is 20.7. The maximum Gasteiger partial charge on any atom is 0.337 e. The summed E-state index contributed by atoms with van der Waals surface area (Å²) in [6.45, 7) is 4.77. The number of benzene rings is 1. The molecule has 0 amide bonds. The zero-order valence-electron chi connectivity index (χ0n) is 19.1. The Bertz CT molecular complexity index is 610. The summed E-state index contributed by atoms with van der Waals surface area (Å²) in [5.41, 5.74) is 6.79. The van der Waals surface area contributed by atoms with E-state index < -0.39 is 5.97 Å². The first-order valence-electron chi connectivity index (χ1n) is 11.7. The van der Waals surface area contributed by atoms with Crippen molar-refractivity contribution in [2.24, 2.45) is 4.99 Å². The van der Waals surface area contributed by atoms with Crippen LogP contribution in [0.1, 0.15) is 113 Å². The SMILES string of the molecule is CCCCCCCCCCCCCCCCN=C=O.Cc1ccc(N)c(C(=O)O)c1. The minimum absolute atomic E-state index is 0.171. The largest absolute Gasteiger partial charge is 0.478 e. The molecule has 0 aliphatic heterocycles. The molecular formula is C25H42N2O3. The highest BCUT2D eigenvalue weighted by Gasteiger charge is 2.06. The number of carbonyl (C=O) groups is 1. The number of nitrogen functional groups attached to an aromatic ring is 1. The quantitative estimate of drug-likeness (QED) is 0.130. The number of carboxylic acid groups (broad SMARTS) is 1. The number of unbranched alkanes of at least 4 members (excludes halogenated alkanes) is 13. The standard InChI is InChI=1S/C17H33NO.C8H9NO2/c1-2-3-4-5-6-7-8-9-10-11-12-13-14-15-16-18-17-19;1-5-2-3-7(9)6(4-5)8(10)11/h2-16H2,1H3;2-4H,9H2,1H3,(H,10,11). The van der Waals surface area contributed by atoms with Gasteiger partial charge in [-0.1, -0.05) is 102 Å². The van der Waals surface area contributed by atoms with Crippen LogP contribution in [0.2, 0.25) is 0 Å². The predicted octanol–water partition coefficient (Wildman–Crippen LogP) is 7.08. The first kappa shape index (κ1) is 27.9. The molecule has 0 spiro atoms. The van der Waals surface area contributed by atoms with E-state index in [1.54, 1.807) is 24.3 Å². The fourth-order valence-electron chi connectivity index (χ4n) is 3.29. The summed E-state index contributed by atoms with van der Waals surface area (Å²) in [7, 11) is 0. The van der Waals surface area contributed by atoms with Crippen molar-refractivity contribution in [2.45, 2.75) is 104 Å². The lowest BCUT2D eigenvalue weighted by Gasteiger charge is -2.02. The molecule has 0 unspecified atom stereocenters. The molecule has 0 saturated carbocycles. The fourth-order valence-corrected chi connectivity index (χ4v) is 3.29. The van der Waals surface area contributed by atoms with E-state index in [-0.39, 0.29) is 5.56 Å². The number of carbonyl (C=O) groups excluding carboxylic acids is 1. The maximum absolute atomic E-state index is 10.5. The zero-order chi connectivity index (χ0) is 22.5. The Hall–Kier alpha value is -2.13. The molecule has 0 saturated heterocycles. The Morgan fingerprint density at radius 2 is 1.37 bits per heavy atom. The number of rotatable bonds is 16. The number of nitrogens with zero attached hydrogens (tertiary/aromatic N) is 1. The van der Waals surface area contributed by atoms with E-state index in [9.17, 15) is 9.59 Å². The van der Waals surface area contributed by atoms with Gasteiger partial charge in [-0.3, -0.25) is 0 Å². The molecule has 0 radical (unpaired) electrons. The average molecular weight is 419 g/mol. The number of aromatic carboxylic acids is 1. The van der Waals surface area contributed by atoms with E-state index in [0.717, 1.165) is 12.0 Å². The summed E-state index contributed by atoms with van der Waals surface area (Å²) in [5, 5.41) is 8.61. The third kappa shape index (κ3) is 16.8. The molecule has 0 aromatic heterocycles. The molecule has 0 aliphatic rings. The van der Waals surface area contributed by atoms with E-state index in [2.05, 4.69) is 11.9 Å². The minimum atomic E-state index is -0.980. The zero-order valence-corrected chi connectivity index (χ0v) is 19.1. The first-order chi connectivity index (χ1) is 14.5. The van der Waals surface area contributed by atoms with Crippen molar-refractivity contribution in [2.75, 3.05) is 12.3 Å². The van der Waals surface area contributed by atoms with Crippen molar-refractivity contribution in [3.63, 3.8) is 0 Å². The maximum atomic E-state index is 10.5. The second-order valence-electron chi connectivity index (χ2n) is 7.97. The van der Waals surface area contributed by atoms with E-state index in [4.69, 9.17) is 10.8 Å². The van der Waals surface area contributed by atoms with Crippen LogP contribution in [0.25, 0.3) is 0 Å². The van der Waals surface area contributed by atoms with Gasteiger partial charge in [-0.15, -0.1) is 0 Å². The lowest BCUT2D eigenvalue weighted by molar-refractivity contribution is 0.0698. The van der Waals surface area contributed by atoms with Gasteiger partial charge in [0, 0.05) is 5.69 Å². The topological polar surface area (TPSA) is 92.8 Å². The molecule has 1 aromatic rings. The van der Waals surface area contributed by atoms with Crippen molar-refractivity contribution >= 4 is 17.7 Å². The van der Waals surface area contributed by atoms with Gasteiger partial charge in [-0.2, -0.15) is 0 Å². The molecule has 170 valence electrons. The van der Waals surface area contributed by atoms with Crippen molar-refractivity contribution in [1.29, 1.82) is 0 Å². The number of anilines is 1. The summed E-state index contributed by atoms with van der Waals surface area (Å²) < 4.78 is 0. The number of aryl methyl sites for hydroxylation is 1. The molecule has 0 heterocycles. The highest BCUT2D eigenvalue weighted by molar-refractivity contribution is 5.93. The molecule has 30 heavy (non-hydrogen) atoms. The Morgan fingerprint density at radius 1 is 0.900 bits per heavy atom. The number of carboxylic acids is 1. The molecule has 3 N–H and O–H groups in total. The number of nitrogens with two attached hydrogens (primary N) is 1. The van der Waals surface area contributed by atoms with E-state index in [1.165, 1.54) is 83.5 Å². The highest BCUT2D eigenvalue weighted by atomic mass is 16.4. The summed E-state index contributed by atoms with van der Waals surface area (Å²) >= 11 is 0. The van der Waals surface area contributed by atoms with Crippen LogP contribution in [0.15, 0.2) is 23.2 Å². The normalized spacial score (nSPS) is 10.1. The average Bonchev–Trinajstić information content (AvgIpc) is 2.73. The van der Waals surface area contributed by atoms with Crippen molar-refractivity contribution in [3.8, 4) is 0 Å². The Morgan fingerprint density at radius 3 is 1.77 bits per heavy atom. The second kappa shape index (κ2) is 20.2. The molecular weight excluding hydrogens is 376 g/mol. The third-order valence-corrected chi connectivity index (χ3v) is 5.13. The Balaban J connectivity index is 0.000000642. The van der Waals surface area contributed by atoms with Crippen LogP contribution in [-0.2, 0) is 4.79 Å². The van der Waals surface area contributed by atoms with Crippen LogP contribution >= 0.6 is 0 Å². The van der Waals surface area contributed by atoms with Gasteiger partial charge in [-0.25, -0.2) is 14.6 Å². The predicted molar refractivity (Wildman–Crippen MR) is 126 cm³/mol. The number of aliphatic imine (C=N–C) groups is 1. The van der Waals surface area contributed by atoms with E-state index >= 15 is 0 Å². The van der Waals surface area contributed by atoms with Crippen LogP contribution in [-0.4, -0.2) is 23.7 Å². The summed E-state index contributed by atoms with van der Waals surface area (Å²) in [6, 6.07) is 4.93. The van der Waals surface area contributed by atoms with Crippen LogP contribution in [0.5, 0.6) is 0 Å². The number of hydrogen-bond donors (Lipinski definition) is 2. The first-order valence-corrected chi connectivity index (χ1v) is 11.7. The van der Waals surface area contributed by atoms with Gasteiger partial charge in [0.2, 0.25) is 6.08 Å². The lowest BCUT2D eigenvalue weighted by Crippen LogP contribution is -2.02. The molecule has 1 rings (SSSR count). The van der Waals surface area contributed by atoms with E-state index in [0.29, 0.717) is 12.2 Å². The second-order valence-corrected chi connectivity index (χ2v) is 7.97. The van der Waals surface area contributed by atoms with Crippen molar-refractivity contribution in [1.82, 2.24) is 0 Å². The van der Waals surface area contributed by atoms with Gasteiger partial charge in [-0.05, 0) is 25.5 Å². The molecule has 0 atom stereocenters. The molecule has 5 heteroatoms. The van der Waals surface area contributed by atoms with Gasteiger partial charge in [0.05, 0.1) is 12.1 Å². The monoisotopic (exact) mass is 418 g/mol. The van der Waals surface area contributed by atoms with Gasteiger partial charge < -0.3 is 10.8 Å². The van der Waals surface area contributed by atoms with Crippen LogP contribution in [0.3, 0.4) is 0 Å². The van der Waals surface area contributed by atoms with Gasteiger partial charge in [0.25, 0.3) is 0 Å². The molecule has 5 nitrogen and oxygen atoms in total. The van der Waals surface area contributed by atoms with Gasteiger partial charge in [0.1, 0.15) is 0 Å². The third-order valence-electron chi connectivity index (χ3n) is 5.13. The molecule has 1 aromatic carbocycles. The number of hydrogen-bond acceptors (Lipinski definition) is 4. The lowest BCUT2D eigenvalue weighted by atomic mass is 10.0. The Kier molecular flexibility index (Phi) is 18.7. The fraction of sp³-hybridized carbons (Fsp3) is 0.680. The summed E-state index contributed by atoms with van der Waals surface area (Å²) in [4.78, 5) is 23.9. The molecule has 0 bridgehead atoms. The number of isocyanates is 1. The summed E-state index contributed by atoms with van der Waals surface area (Å²) in [5.74, 6) is -0.980. The minimum Gasteiger partial charge on any atom is -0.478 e. The van der Waals surface area contributed by atoms with E-state index in [1.807, 2.05) is 6.92 Å². The molecule has 0 aliphatic carbocycles. The highest BCUT2D eigenvalue weighted by Crippen LogP contribution is 2.13. The van der Waals surface area contributed by atoms with Crippen molar-refractivity contribution < 1.29 is 14.7 Å². The van der Waals surface area contributed by atoms with Crippen LogP contribution < -0.4 is 5.73 Å². The van der Waals surface area contributed by atoms with Crippen LogP contribution in [0.4, 0.5) is 5.69 Å². The Labute approximate surface area is 183 Å². The molecule has 0 fully saturated rings. The van der Waals surface area contributed by atoms with Gasteiger partial charge >= 0.3 is 5.97 Å². The van der Waals surface area contributed by atoms with Crippen LogP contribution in [0, 0.1) is 6.92 Å². The smallest absolute Gasteiger partial charge is 0.337 e. The van der Waals surface area contributed by atoms with Crippen molar-refractivity contribution in [3.05, 3.63) is 29.3 Å².